The average Bonchev–Trinajstić information content (AvgIpc) is 1.91. The molecule has 0 bridgehead atoms. The van der Waals surface area contributed by atoms with Crippen LogP contribution in [0.3, 0.4) is 0 Å². The second kappa shape index (κ2) is 1.40. The third-order valence-corrected chi connectivity index (χ3v) is 0.551. The van der Waals surface area contributed by atoms with Crippen LogP contribution in [-0.2, 0) is 0 Å². The van der Waals surface area contributed by atoms with Crippen molar-refractivity contribution in [3.8, 4) is 0 Å². The quantitative estimate of drug-likeness (QED) is 0.491. The van der Waals surface area contributed by atoms with Gasteiger partial charge in [0.2, 0.25) is 0 Å². The Balaban J connectivity index is 3.12. The molecule has 0 aliphatic carbocycles. The van der Waals surface area contributed by atoms with Gasteiger partial charge in [-0.25, -0.2) is 0 Å². The number of aromatic amines is 1. The second-order valence-corrected chi connectivity index (χ2v) is 1.02. The van der Waals surface area contributed by atoms with E-state index in [1.165, 1.54) is 0 Å². The van der Waals surface area contributed by atoms with Crippen molar-refractivity contribution in [3.05, 3.63) is 11.7 Å². The zero-order valence-corrected chi connectivity index (χ0v) is 3.28. The van der Waals surface area contributed by atoms with Gasteiger partial charge < -0.3 is 0 Å². The van der Waals surface area contributed by atoms with Gasteiger partial charge in [-0.3, -0.25) is 0 Å². The van der Waals surface area contributed by atoms with Gasteiger partial charge >= 0.3 is 37.6 Å². The fourth-order valence-corrected chi connectivity index (χ4v) is 0.259. The van der Waals surface area contributed by atoms with Crippen molar-refractivity contribution in [2.75, 3.05) is 0 Å². The zero-order chi connectivity index (χ0) is 5.28. The molecule has 1 heterocycles. The van der Waals surface area contributed by atoms with Crippen molar-refractivity contribution in [1.29, 1.82) is 0 Å². The first-order valence-corrected chi connectivity index (χ1v) is 1.65. The summed E-state index contributed by atoms with van der Waals surface area (Å²) in [6, 6.07) is 0. The average molecular weight is 102 g/mol. The first-order chi connectivity index (χ1) is 3.30. The number of rotatable bonds is 0. The molecule has 1 aromatic rings. The van der Waals surface area contributed by atoms with E-state index in [4.69, 9.17) is 0 Å². The molecular weight excluding hydrogens is 101 g/mol. The number of hydrogen-bond donors (Lipinski definition) is 1. The Morgan fingerprint density at radius 1 is 1.57 bits per heavy atom. The van der Waals surface area contributed by atoms with Crippen LogP contribution in [0.1, 0.15) is 0 Å². The molecule has 0 radical (unpaired) electrons. The van der Waals surface area contributed by atoms with E-state index in [2.05, 4.69) is 5.10 Å². The summed E-state index contributed by atoms with van der Waals surface area (Å²) in [5.74, 6) is -1.08. The van der Waals surface area contributed by atoms with Crippen LogP contribution < -0.4 is 0 Å². The van der Waals surface area contributed by atoms with Gasteiger partial charge in [0.15, 0.2) is 0 Å². The van der Waals surface area contributed by atoms with Crippen molar-refractivity contribution in [2.45, 2.75) is 0 Å². The Labute approximate surface area is 38.8 Å². The van der Waals surface area contributed by atoms with Gasteiger partial charge in [-0.15, -0.1) is 0 Å². The predicted molar refractivity (Wildman–Crippen MR) is 19.9 cm³/mol. The minimum atomic E-state index is -1.08. The first kappa shape index (κ1) is 4.42. The van der Waals surface area contributed by atoms with Gasteiger partial charge in [-0.2, -0.15) is 0 Å². The molecule has 2 nitrogen and oxygen atoms in total. The molecule has 0 aliphatic rings. The number of halogens is 2. The maximum absolute atomic E-state index is 11.6. The molecular formula is C2HBF2N2. The van der Waals surface area contributed by atoms with Crippen LogP contribution in [0.4, 0.5) is 8.78 Å². The molecule has 7 heavy (non-hydrogen) atoms. The van der Waals surface area contributed by atoms with Crippen LogP contribution in [-0.4, -0.2) is 17.2 Å². The van der Waals surface area contributed by atoms with Crippen molar-refractivity contribution in [1.82, 2.24) is 10.1 Å². The van der Waals surface area contributed by atoms with Crippen molar-refractivity contribution >= 4 is 7.05 Å². The SMILES string of the molecule is Fc1b[nH]nc1F. The van der Waals surface area contributed by atoms with Gasteiger partial charge in [-0.1, -0.05) is 0 Å². The molecule has 0 aliphatic heterocycles. The van der Waals surface area contributed by atoms with E-state index in [9.17, 15) is 8.78 Å². The third-order valence-electron chi connectivity index (χ3n) is 0.551. The van der Waals surface area contributed by atoms with Gasteiger partial charge in [-0.05, 0) is 0 Å². The number of hydrogen-bond acceptors (Lipinski definition) is 1. The van der Waals surface area contributed by atoms with E-state index in [1.807, 2.05) is 5.01 Å². The summed E-state index contributed by atoms with van der Waals surface area (Å²) in [6.07, 6.45) is 0. The van der Waals surface area contributed by atoms with Crippen LogP contribution in [0.5, 0.6) is 0 Å². The van der Waals surface area contributed by atoms with Crippen LogP contribution in [0.25, 0.3) is 0 Å². The first-order valence-electron chi connectivity index (χ1n) is 1.65. The van der Waals surface area contributed by atoms with Crippen LogP contribution in [0.15, 0.2) is 0 Å². The number of nitrogens with zero attached hydrogens (tertiary/aromatic N) is 1. The Hall–Kier alpha value is -0.735. The zero-order valence-electron chi connectivity index (χ0n) is 3.28. The summed E-state index contributed by atoms with van der Waals surface area (Å²) in [7, 11) is 0.843. The molecule has 0 amide bonds. The Kier molecular flexibility index (Phi) is 0.886. The third kappa shape index (κ3) is 0.654. The number of aromatic nitrogens is 2. The summed E-state index contributed by atoms with van der Waals surface area (Å²) in [5, 5.41) is 4.85. The summed E-state index contributed by atoms with van der Waals surface area (Å²) in [6.45, 7) is 0. The summed E-state index contributed by atoms with van der Waals surface area (Å²) in [4.78, 5) is 0. The molecule has 0 saturated carbocycles. The van der Waals surface area contributed by atoms with Crippen LogP contribution in [0, 0.1) is 11.7 Å². The maximum atomic E-state index is 11.6. The molecule has 1 aromatic heterocycles. The monoisotopic (exact) mass is 102 g/mol. The predicted octanol–water partition coefficient (Wildman–Crippen LogP) is 0.0260. The molecule has 5 heteroatoms. The van der Waals surface area contributed by atoms with Crippen LogP contribution >= 0.6 is 0 Å². The summed E-state index contributed by atoms with van der Waals surface area (Å²) in [5.41, 5.74) is -0.944. The fraction of sp³-hybridized carbons (Fsp3) is 0. The topological polar surface area (TPSA) is 28.7 Å². The van der Waals surface area contributed by atoms with E-state index in [-0.39, 0.29) is 0 Å². The molecule has 0 atom stereocenters. The summed E-state index contributed by atoms with van der Waals surface area (Å²) < 4.78 is 23.2. The van der Waals surface area contributed by atoms with E-state index < -0.39 is 11.7 Å². The van der Waals surface area contributed by atoms with Gasteiger partial charge in [0.1, 0.15) is 0 Å². The molecule has 1 rings (SSSR count). The second-order valence-electron chi connectivity index (χ2n) is 1.02. The van der Waals surface area contributed by atoms with Gasteiger partial charge in [0, 0.05) is 0 Å². The van der Waals surface area contributed by atoms with Crippen LogP contribution in [0.2, 0.25) is 0 Å². The van der Waals surface area contributed by atoms with E-state index in [1.54, 1.807) is 0 Å². The Morgan fingerprint density at radius 2 is 2.29 bits per heavy atom. The molecule has 0 spiro atoms. The normalized spacial score (nSPS) is 8.86. The van der Waals surface area contributed by atoms with E-state index in [0.717, 1.165) is 7.05 Å². The van der Waals surface area contributed by atoms with E-state index >= 15 is 0 Å². The van der Waals surface area contributed by atoms with Gasteiger partial charge in [0.05, 0.1) is 0 Å². The Bertz CT molecular complexity index is 146. The van der Waals surface area contributed by atoms with Crippen molar-refractivity contribution in [3.63, 3.8) is 0 Å². The Morgan fingerprint density at radius 3 is 2.43 bits per heavy atom. The number of nitrogens with one attached hydrogen (secondary N) is 1. The fourth-order valence-electron chi connectivity index (χ4n) is 0.259. The molecule has 0 unspecified atom stereocenters. The minimum absolute atomic E-state index is 0.843. The molecule has 0 saturated heterocycles. The summed E-state index contributed by atoms with van der Waals surface area (Å²) >= 11 is 0. The molecule has 0 fully saturated rings. The molecule has 0 aromatic carbocycles. The van der Waals surface area contributed by atoms with Crippen molar-refractivity contribution < 1.29 is 8.78 Å². The standard InChI is InChI=1S/C2HBF2N2/c4-1-2(5)6-7-3-1/h7H. The van der Waals surface area contributed by atoms with Gasteiger partial charge in [0.25, 0.3) is 0 Å². The number of H-pyrrole nitrogens is 1. The molecule has 1 N–H and O–H groups in total. The van der Waals surface area contributed by atoms with E-state index in [0.29, 0.717) is 0 Å². The molecule has 36 valence electrons. The van der Waals surface area contributed by atoms with Crippen molar-refractivity contribution in [2.24, 2.45) is 0 Å².